The minimum absolute atomic E-state index is 0.752. The van der Waals surface area contributed by atoms with Crippen molar-refractivity contribution in [1.29, 1.82) is 0 Å². The monoisotopic (exact) mass is 256 g/mol. The second-order valence-corrected chi connectivity index (χ2v) is 5.33. The van der Waals surface area contributed by atoms with Crippen molar-refractivity contribution in [2.75, 3.05) is 6.61 Å². The van der Waals surface area contributed by atoms with E-state index in [9.17, 15) is 0 Å². The highest BCUT2D eigenvalue weighted by molar-refractivity contribution is 5.62. The van der Waals surface area contributed by atoms with E-state index < -0.39 is 0 Å². The van der Waals surface area contributed by atoms with Crippen molar-refractivity contribution in [2.45, 2.75) is 32.1 Å². The van der Waals surface area contributed by atoms with Crippen LogP contribution < -0.4 is 4.74 Å². The fourth-order valence-corrected chi connectivity index (χ4v) is 2.72. The summed E-state index contributed by atoms with van der Waals surface area (Å²) in [6.07, 6.45) is 10.5. The Labute approximate surface area is 114 Å². The van der Waals surface area contributed by atoms with Crippen LogP contribution in [0.1, 0.15) is 32.1 Å². The number of benzene rings is 1. The first-order chi connectivity index (χ1) is 9.42. The Morgan fingerprint density at radius 1 is 1.05 bits per heavy atom. The van der Waals surface area contributed by atoms with E-state index >= 15 is 0 Å². The lowest BCUT2D eigenvalue weighted by Gasteiger charge is -2.21. The average Bonchev–Trinajstić information content (AvgIpc) is 3.01. The summed E-state index contributed by atoms with van der Waals surface area (Å²) >= 11 is 0. The van der Waals surface area contributed by atoms with Gasteiger partial charge in [-0.05, 0) is 36.5 Å². The Balaban J connectivity index is 1.57. The van der Waals surface area contributed by atoms with Gasteiger partial charge in [0.25, 0.3) is 0 Å². The fourth-order valence-electron chi connectivity index (χ4n) is 2.72. The second kappa shape index (κ2) is 5.91. The highest BCUT2D eigenvalue weighted by atomic mass is 16.5. The summed E-state index contributed by atoms with van der Waals surface area (Å²) < 4.78 is 5.89. The molecule has 100 valence electrons. The van der Waals surface area contributed by atoms with Crippen LogP contribution in [0.3, 0.4) is 0 Å². The molecule has 1 saturated carbocycles. The molecule has 3 heteroatoms. The molecule has 1 N–H and O–H groups in total. The van der Waals surface area contributed by atoms with Gasteiger partial charge in [-0.15, -0.1) is 0 Å². The number of hydrogen-bond donors (Lipinski definition) is 1. The standard InChI is InChI=1S/C16H20N2O/c1-2-4-13(5-3-1)12-19-16-8-6-14(7-9-16)15-10-17-18-11-15/h6-11,13H,1-5,12H2,(H,17,18). The smallest absolute Gasteiger partial charge is 0.119 e. The summed E-state index contributed by atoms with van der Waals surface area (Å²) in [5, 5.41) is 6.79. The number of hydrogen-bond acceptors (Lipinski definition) is 2. The number of aromatic nitrogens is 2. The molecule has 3 nitrogen and oxygen atoms in total. The summed E-state index contributed by atoms with van der Waals surface area (Å²) in [5.74, 6) is 1.72. The molecular formula is C16H20N2O. The van der Waals surface area contributed by atoms with E-state index in [0.717, 1.165) is 23.8 Å². The van der Waals surface area contributed by atoms with Crippen LogP contribution in [0.5, 0.6) is 5.75 Å². The third-order valence-corrected chi connectivity index (χ3v) is 3.90. The quantitative estimate of drug-likeness (QED) is 0.896. The molecule has 0 radical (unpaired) electrons. The number of nitrogens with zero attached hydrogens (tertiary/aromatic N) is 1. The van der Waals surface area contributed by atoms with Crippen LogP contribution in [0.2, 0.25) is 0 Å². The number of aromatic amines is 1. The summed E-state index contributed by atoms with van der Waals surface area (Å²) in [6, 6.07) is 8.26. The molecular weight excluding hydrogens is 236 g/mol. The van der Waals surface area contributed by atoms with E-state index in [-0.39, 0.29) is 0 Å². The van der Waals surface area contributed by atoms with E-state index in [1.807, 2.05) is 24.5 Å². The lowest BCUT2D eigenvalue weighted by atomic mass is 9.90. The summed E-state index contributed by atoms with van der Waals surface area (Å²) in [6.45, 7) is 0.866. The molecule has 0 unspecified atom stereocenters. The van der Waals surface area contributed by atoms with Gasteiger partial charge in [0.2, 0.25) is 0 Å². The molecule has 2 aromatic rings. The first-order valence-corrected chi connectivity index (χ1v) is 7.14. The van der Waals surface area contributed by atoms with Crippen LogP contribution in [0, 0.1) is 5.92 Å². The molecule has 1 aliphatic carbocycles. The van der Waals surface area contributed by atoms with Gasteiger partial charge in [-0.1, -0.05) is 31.4 Å². The van der Waals surface area contributed by atoms with E-state index in [1.165, 1.54) is 37.7 Å². The lowest BCUT2D eigenvalue weighted by Crippen LogP contribution is -2.15. The van der Waals surface area contributed by atoms with Crippen LogP contribution in [0.4, 0.5) is 0 Å². The van der Waals surface area contributed by atoms with Crippen molar-refractivity contribution < 1.29 is 4.74 Å². The van der Waals surface area contributed by atoms with Crippen molar-refractivity contribution in [1.82, 2.24) is 10.2 Å². The highest BCUT2D eigenvalue weighted by Gasteiger charge is 2.13. The molecule has 0 aliphatic heterocycles. The summed E-state index contributed by atoms with van der Waals surface area (Å²) in [5.41, 5.74) is 2.28. The zero-order valence-corrected chi connectivity index (χ0v) is 11.1. The summed E-state index contributed by atoms with van der Waals surface area (Å²) in [7, 11) is 0. The van der Waals surface area contributed by atoms with Crippen molar-refractivity contribution in [2.24, 2.45) is 5.92 Å². The van der Waals surface area contributed by atoms with E-state index in [1.54, 1.807) is 0 Å². The van der Waals surface area contributed by atoms with Crippen LogP contribution in [-0.4, -0.2) is 16.8 Å². The molecule has 1 fully saturated rings. The predicted molar refractivity (Wildman–Crippen MR) is 76.1 cm³/mol. The van der Waals surface area contributed by atoms with Gasteiger partial charge in [0, 0.05) is 11.8 Å². The minimum atomic E-state index is 0.752. The molecule has 0 amide bonds. The van der Waals surface area contributed by atoms with Crippen LogP contribution >= 0.6 is 0 Å². The van der Waals surface area contributed by atoms with E-state index in [4.69, 9.17) is 4.74 Å². The van der Waals surface area contributed by atoms with Crippen molar-refractivity contribution in [3.05, 3.63) is 36.7 Å². The number of rotatable bonds is 4. The Kier molecular flexibility index (Phi) is 3.82. The lowest BCUT2D eigenvalue weighted by molar-refractivity contribution is 0.209. The number of H-pyrrole nitrogens is 1. The van der Waals surface area contributed by atoms with Gasteiger partial charge in [-0.3, -0.25) is 5.10 Å². The number of nitrogens with one attached hydrogen (secondary N) is 1. The van der Waals surface area contributed by atoms with Gasteiger partial charge < -0.3 is 4.74 Å². The van der Waals surface area contributed by atoms with Gasteiger partial charge in [0.1, 0.15) is 5.75 Å². The maximum Gasteiger partial charge on any atom is 0.119 e. The average molecular weight is 256 g/mol. The molecule has 1 heterocycles. The van der Waals surface area contributed by atoms with Gasteiger partial charge >= 0.3 is 0 Å². The maximum absolute atomic E-state index is 5.89. The first kappa shape index (κ1) is 12.3. The molecule has 0 atom stereocenters. The van der Waals surface area contributed by atoms with Crippen molar-refractivity contribution >= 4 is 0 Å². The maximum atomic E-state index is 5.89. The topological polar surface area (TPSA) is 37.9 Å². The second-order valence-electron chi connectivity index (χ2n) is 5.33. The Hall–Kier alpha value is -1.77. The Morgan fingerprint density at radius 2 is 1.84 bits per heavy atom. The minimum Gasteiger partial charge on any atom is -0.493 e. The van der Waals surface area contributed by atoms with Crippen molar-refractivity contribution in [3.63, 3.8) is 0 Å². The van der Waals surface area contributed by atoms with Gasteiger partial charge in [0.05, 0.1) is 12.8 Å². The summed E-state index contributed by atoms with van der Waals surface area (Å²) in [4.78, 5) is 0. The third kappa shape index (κ3) is 3.16. The first-order valence-electron chi connectivity index (χ1n) is 7.14. The molecule has 0 bridgehead atoms. The van der Waals surface area contributed by atoms with E-state index in [0.29, 0.717) is 0 Å². The van der Waals surface area contributed by atoms with Gasteiger partial charge in [-0.25, -0.2) is 0 Å². The van der Waals surface area contributed by atoms with Crippen molar-refractivity contribution in [3.8, 4) is 16.9 Å². The molecule has 3 rings (SSSR count). The van der Waals surface area contributed by atoms with Crippen LogP contribution in [0.25, 0.3) is 11.1 Å². The number of ether oxygens (including phenoxy) is 1. The molecule has 0 saturated heterocycles. The van der Waals surface area contributed by atoms with Gasteiger partial charge in [0.15, 0.2) is 0 Å². The Morgan fingerprint density at radius 3 is 2.53 bits per heavy atom. The van der Waals surface area contributed by atoms with Crippen LogP contribution in [0.15, 0.2) is 36.7 Å². The van der Waals surface area contributed by atoms with Gasteiger partial charge in [-0.2, -0.15) is 5.10 Å². The molecule has 19 heavy (non-hydrogen) atoms. The zero-order chi connectivity index (χ0) is 12.9. The van der Waals surface area contributed by atoms with E-state index in [2.05, 4.69) is 22.3 Å². The molecule has 1 aromatic heterocycles. The predicted octanol–water partition coefficient (Wildman–Crippen LogP) is 4.04. The fraction of sp³-hybridized carbons (Fsp3) is 0.438. The largest absolute Gasteiger partial charge is 0.493 e. The molecule has 1 aromatic carbocycles. The van der Waals surface area contributed by atoms with Crippen LogP contribution in [-0.2, 0) is 0 Å². The Bertz CT molecular complexity index is 484. The molecule has 0 spiro atoms. The third-order valence-electron chi connectivity index (χ3n) is 3.90. The SMILES string of the molecule is c1cc(-c2cn[nH]c2)ccc1OCC1CCCCC1. The molecule has 1 aliphatic rings. The highest BCUT2D eigenvalue weighted by Crippen LogP contribution is 2.25. The normalized spacial score (nSPS) is 16.4. The zero-order valence-electron chi connectivity index (χ0n) is 11.1.